The van der Waals surface area contributed by atoms with Gasteiger partial charge in [-0.3, -0.25) is 4.79 Å². The highest BCUT2D eigenvalue weighted by Crippen LogP contribution is 2.33. The van der Waals surface area contributed by atoms with Crippen molar-refractivity contribution in [3.8, 4) is 0 Å². The highest BCUT2D eigenvalue weighted by atomic mass is 19.1. The third kappa shape index (κ3) is 3.32. The summed E-state index contributed by atoms with van der Waals surface area (Å²) in [7, 11) is 0. The van der Waals surface area contributed by atoms with Gasteiger partial charge in [-0.05, 0) is 29.8 Å². The minimum absolute atomic E-state index is 0.120. The largest absolute Gasteiger partial charge is 0.354 e. The topological polar surface area (TPSA) is 66.6 Å². The Labute approximate surface area is 168 Å². The van der Waals surface area contributed by atoms with Crippen LogP contribution in [0.5, 0.6) is 0 Å². The predicted molar refractivity (Wildman–Crippen MR) is 106 cm³/mol. The maximum absolute atomic E-state index is 13.1. The van der Waals surface area contributed by atoms with E-state index in [-0.39, 0.29) is 11.7 Å². The Morgan fingerprint density at radius 1 is 1.03 bits per heavy atom. The number of halogens is 1. The van der Waals surface area contributed by atoms with E-state index in [0.717, 1.165) is 55.5 Å². The van der Waals surface area contributed by atoms with Crippen LogP contribution < -0.4 is 4.90 Å². The van der Waals surface area contributed by atoms with Crippen LogP contribution in [-0.4, -0.2) is 56.8 Å². The van der Waals surface area contributed by atoms with Crippen LogP contribution in [0.4, 0.5) is 10.2 Å². The van der Waals surface area contributed by atoms with Gasteiger partial charge in [-0.15, -0.1) is 15.3 Å². The molecule has 1 aromatic carbocycles. The second kappa shape index (κ2) is 7.09. The smallest absolute Gasteiger partial charge is 0.227 e. The normalized spacial score (nSPS) is 21.2. The molecule has 2 aromatic heterocycles. The molecule has 2 unspecified atom stereocenters. The molecule has 0 N–H and O–H groups in total. The molecule has 0 aliphatic carbocycles. The summed E-state index contributed by atoms with van der Waals surface area (Å²) in [6, 6.07) is 10.1. The fourth-order valence-corrected chi connectivity index (χ4v) is 4.49. The van der Waals surface area contributed by atoms with Crippen LogP contribution in [0.25, 0.3) is 5.65 Å². The van der Waals surface area contributed by atoms with Crippen LogP contribution in [0.2, 0.25) is 0 Å². The van der Waals surface area contributed by atoms with E-state index < -0.39 is 0 Å². The molecule has 2 saturated heterocycles. The maximum atomic E-state index is 13.1. The number of rotatable bonds is 4. The number of hydrogen-bond donors (Lipinski definition) is 0. The van der Waals surface area contributed by atoms with Crippen molar-refractivity contribution in [3.63, 3.8) is 0 Å². The number of anilines is 1. The predicted octanol–water partition coefficient (Wildman–Crippen LogP) is 1.96. The van der Waals surface area contributed by atoms with E-state index in [1.54, 1.807) is 12.1 Å². The Kier molecular flexibility index (Phi) is 4.41. The highest BCUT2D eigenvalue weighted by molar-refractivity contribution is 5.79. The summed E-state index contributed by atoms with van der Waals surface area (Å²) in [5, 5.41) is 13.1. The summed E-state index contributed by atoms with van der Waals surface area (Å²) >= 11 is 0. The first-order valence-electron chi connectivity index (χ1n) is 10.1. The molecular weight excluding hydrogens is 371 g/mol. The summed E-state index contributed by atoms with van der Waals surface area (Å²) < 4.78 is 14.9. The van der Waals surface area contributed by atoms with Crippen LogP contribution in [-0.2, 0) is 17.6 Å². The number of nitrogens with zero attached hydrogens (tertiary/aromatic N) is 6. The number of benzene rings is 1. The van der Waals surface area contributed by atoms with Gasteiger partial charge in [0.2, 0.25) is 5.91 Å². The summed E-state index contributed by atoms with van der Waals surface area (Å²) in [5.41, 5.74) is 1.62. The molecule has 0 spiro atoms. The summed E-state index contributed by atoms with van der Waals surface area (Å²) in [4.78, 5) is 16.9. The van der Waals surface area contributed by atoms with Crippen molar-refractivity contribution in [3.05, 3.63) is 53.6 Å². The van der Waals surface area contributed by atoms with Crippen molar-refractivity contribution in [1.29, 1.82) is 0 Å². The fourth-order valence-electron chi connectivity index (χ4n) is 4.49. The van der Waals surface area contributed by atoms with E-state index >= 15 is 0 Å². The first-order chi connectivity index (χ1) is 14.1. The number of amides is 1. The van der Waals surface area contributed by atoms with Gasteiger partial charge in [0.25, 0.3) is 0 Å². The lowest BCUT2D eigenvalue weighted by Gasteiger charge is -2.22. The van der Waals surface area contributed by atoms with Gasteiger partial charge in [0.15, 0.2) is 11.5 Å². The van der Waals surface area contributed by atoms with Gasteiger partial charge in [-0.2, -0.15) is 4.52 Å². The standard InChI is InChI=1S/C21H23FN6O/c1-2-18-23-24-19-7-8-20(25-28(18)19)26-10-15-12-27(13-16(15)11-26)21(29)9-14-3-5-17(22)6-4-14/h3-8,15-16H,2,9-13H2,1H3. The van der Waals surface area contributed by atoms with Crippen LogP contribution in [0.3, 0.4) is 0 Å². The molecule has 2 aliphatic rings. The molecule has 2 fully saturated rings. The number of carbonyl (C=O) groups is 1. The fraction of sp³-hybridized carbons (Fsp3) is 0.429. The minimum atomic E-state index is -0.277. The van der Waals surface area contributed by atoms with Gasteiger partial charge in [-0.25, -0.2) is 4.39 Å². The van der Waals surface area contributed by atoms with Gasteiger partial charge in [0, 0.05) is 44.4 Å². The number of aryl methyl sites for hydroxylation is 1. The van der Waals surface area contributed by atoms with E-state index in [2.05, 4.69) is 15.1 Å². The number of aromatic nitrogens is 4. The third-order valence-corrected chi connectivity index (χ3v) is 6.06. The van der Waals surface area contributed by atoms with E-state index in [4.69, 9.17) is 5.10 Å². The van der Waals surface area contributed by atoms with Gasteiger partial charge in [-0.1, -0.05) is 19.1 Å². The zero-order valence-electron chi connectivity index (χ0n) is 16.3. The average molecular weight is 394 g/mol. The first kappa shape index (κ1) is 18.0. The van der Waals surface area contributed by atoms with Crippen molar-refractivity contribution in [2.24, 2.45) is 11.8 Å². The Morgan fingerprint density at radius 3 is 2.45 bits per heavy atom. The number of fused-ring (bicyclic) bond motifs is 2. The van der Waals surface area contributed by atoms with Crippen molar-refractivity contribution >= 4 is 17.4 Å². The summed E-state index contributed by atoms with van der Waals surface area (Å²) in [6.07, 6.45) is 1.11. The Morgan fingerprint density at radius 2 is 1.76 bits per heavy atom. The SMILES string of the molecule is CCc1nnc2ccc(N3CC4CN(C(=O)Cc5ccc(F)cc5)CC4C3)nn12. The van der Waals surface area contributed by atoms with Crippen molar-refractivity contribution in [2.45, 2.75) is 19.8 Å². The highest BCUT2D eigenvalue weighted by Gasteiger charge is 2.42. The lowest BCUT2D eigenvalue weighted by Crippen LogP contribution is -2.34. The van der Waals surface area contributed by atoms with Crippen molar-refractivity contribution < 1.29 is 9.18 Å². The van der Waals surface area contributed by atoms with E-state index in [0.29, 0.717) is 18.3 Å². The maximum Gasteiger partial charge on any atom is 0.227 e. The molecule has 150 valence electrons. The molecule has 5 rings (SSSR count). The molecule has 29 heavy (non-hydrogen) atoms. The van der Waals surface area contributed by atoms with Crippen molar-refractivity contribution in [1.82, 2.24) is 24.7 Å². The molecule has 2 aliphatic heterocycles. The molecule has 1 amide bonds. The second-order valence-electron chi connectivity index (χ2n) is 7.96. The molecule has 2 atom stereocenters. The third-order valence-electron chi connectivity index (χ3n) is 6.06. The van der Waals surface area contributed by atoms with Gasteiger partial charge in [0.1, 0.15) is 11.6 Å². The zero-order chi connectivity index (χ0) is 20.0. The van der Waals surface area contributed by atoms with E-state index in [1.165, 1.54) is 12.1 Å². The van der Waals surface area contributed by atoms with E-state index in [1.807, 2.05) is 28.5 Å². The van der Waals surface area contributed by atoms with Gasteiger partial charge >= 0.3 is 0 Å². The number of carbonyl (C=O) groups excluding carboxylic acids is 1. The van der Waals surface area contributed by atoms with Crippen LogP contribution in [0.15, 0.2) is 36.4 Å². The van der Waals surface area contributed by atoms with E-state index in [9.17, 15) is 9.18 Å². The molecule has 3 aromatic rings. The second-order valence-corrected chi connectivity index (χ2v) is 7.96. The molecule has 0 radical (unpaired) electrons. The molecule has 0 saturated carbocycles. The van der Waals surface area contributed by atoms with Crippen molar-refractivity contribution in [2.75, 3.05) is 31.1 Å². The molecule has 0 bridgehead atoms. The Bertz CT molecular complexity index is 1040. The monoisotopic (exact) mass is 394 g/mol. The lowest BCUT2D eigenvalue weighted by molar-refractivity contribution is -0.129. The molecule has 8 heteroatoms. The average Bonchev–Trinajstić information content (AvgIpc) is 3.41. The quantitative estimate of drug-likeness (QED) is 0.677. The van der Waals surface area contributed by atoms with Crippen LogP contribution in [0, 0.1) is 17.7 Å². The van der Waals surface area contributed by atoms with Gasteiger partial charge < -0.3 is 9.80 Å². The molecular formula is C21H23FN6O. The Hall–Kier alpha value is -3.03. The van der Waals surface area contributed by atoms with Crippen LogP contribution >= 0.6 is 0 Å². The summed E-state index contributed by atoms with van der Waals surface area (Å²) in [5.74, 6) is 2.55. The lowest BCUT2D eigenvalue weighted by atomic mass is 10.0. The minimum Gasteiger partial charge on any atom is -0.354 e. The number of hydrogen-bond acceptors (Lipinski definition) is 5. The zero-order valence-corrected chi connectivity index (χ0v) is 16.3. The molecule has 4 heterocycles. The first-order valence-corrected chi connectivity index (χ1v) is 10.1. The van der Waals surface area contributed by atoms with Crippen LogP contribution in [0.1, 0.15) is 18.3 Å². The van der Waals surface area contributed by atoms with Gasteiger partial charge in [0.05, 0.1) is 6.42 Å². The Balaban J connectivity index is 1.24. The molecule has 7 nitrogen and oxygen atoms in total. The summed E-state index contributed by atoms with van der Waals surface area (Å²) in [6.45, 7) is 5.38. The number of likely N-dealkylation sites (tertiary alicyclic amines) is 1.